The molecule has 0 unspecified atom stereocenters. The minimum Gasteiger partial charge on any atom is -0.345 e. The Kier molecular flexibility index (Phi) is 3.51. The van der Waals surface area contributed by atoms with Gasteiger partial charge in [0.05, 0.1) is 5.52 Å². The van der Waals surface area contributed by atoms with E-state index in [-0.39, 0.29) is 5.43 Å². The summed E-state index contributed by atoms with van der Waals surface area (Å²) >= 11 is 1.44. The number of hydrogen-bond donors (Lipinski definition) is 1. The highest BCUT2D eigenvalue weighted by atomic mass is 32.1. The molecule has 0 amide bonds. The summed E-state index contributed by atoms with van der Waals surface area (Å²) in [6.07, 6.45) is 3.32. The van der Waals surface area contributed by atoms with Crippen molar-refractivity contribution < 1.29 is 0 Å². The SMILES string of the molecule is Cc1nnc(-c2nc3[nH]ccc(=O)c3nc2-c2ccc3ncccc3c2)s1. The summed E-state index contributed by atoms with van der Waals surface area (Å²) in [5.74, 6) is 0. The number of benzene rings is 1. The molecule has 1 N–H and O–H groups in total. The standard InChI is InChI=1S/C19H12N6OS/c1-10-24-25-19(27-10)17-15(22-16-14(26)6-8-21-18(16)23-17)12-4-5-13-11(9-12)3-2-7-20-13/h2-9H,1H3,(H,21,23,26). The second-order valence-corrected chi connectivity index (χ2v) is 7.18. The van der Waals surface area contributed by atoms with Crippen LogP contribution in [-0.4, -0.2) is 30.1 Å². The molecule has 0 aliphatic heterocycles. The second kappa shape index (κ2) is 6.03. The van der Waals surface area contributed by atoms with Crippen LogP contribution in [0.4, 0.5) is 0 Å². The van der Waals surface area contributed by atoms with E-state index in [9.17, 15) is 4.79 Å². The summed E-state index contributed by atoms with van der Waals surface area (Å²) in [4.78, 5) is 28.9. The Morgan fingerprint density at radius 3 is 2.81 bits per heavy atom. The largest absolute Gasteiger partial charge is 0.345 e. The Morgan fingerprint density at radius 2 is 1.96 bits per heavy atom. The van der Waals surface area contributed by atoms with Gasteiger partial charge >= 0.3 is 0 Å². The summed E-state index contributed by atoms with van der Waals surface area (Å²) < 4.78 is 0. The van der Waals surface area contributed by atoms with Crippen LogP contribution in [0, 0.1) is 6.92 Å². The van der Waals surface area contributed by atoms with E-state index < -0.39 is 0 Å². The highest BCUT2D eigenvalue weighted by Gasteiger charge is 2.18. The van der Waals surface area contributed by atoms with Crippen molar-refractivity contribution in [1.29, 1.82) is 0 Å². The molecule has 0 fully saturated rings. The molecule has 1 aromatic carbocycles. The average Bonchev–Trinajstić information content (AvgIpc) is 3.13. The molecule has 0 aliphatic carbocycles. The zero-order chi connectivity index (χ0) is 18.4. The second-order valence-electron chi connectivity index (χ2n) is 6.00. The van der Waals surface area contributed by atoms with Crippen molar-refractivity contribution in [2.75, 3.05) is 0 Å². The molecule has 0 atom stereocenters. The molecule has 0 radical (unpaired) electrons. The minimum atomic E-state index is -0.181. The third kappa shape index (κ3) is 2.67. The molecule has 0 saturated heterocycles. The Bertz CT molecular complexity index is 1370. The molecule has 27 heavy (non-hydrogen) atoms. The van der Waals surface area contributed by atoms with Gasteiger partial charge in [-0.3, -0.25) is 9.78 Å². The number of nitrogens with one attached hydrogen (secondary N) is 1. The number of rotatable bonds is 2. The number of aryl methyl sites for hydroxylation is 1. The molecule has 0 aliphatic rings. The number of H-pyrrole nitrogens is 1. The lowest BCUT2D eigenvalue weighted by molar-refractivity contribution is 1.05. The highest BCUT2D eigenvalue weighted by Crippen LogP contribution is 2.32. The maximum absolute atomic E-state index is 12.3. The normalized spacial score (nSPS) is 11.3. The molecule has 0 spiro atoms. The van der Waals surface area contributed by atoms with Crippen LogP contribution in [0.15, 0.2) is 53.6 Å². The van der Waals surface area contributed by atoms with Gasteiger partial charge in [-0.25, -0.2) is 9.97 Å². The predicted molar refractivity (Wildman–Crippen MR) is 105 cm³/mol. The van der Waals surface area contributed by atoms with E-state index in [0.29, 0.717) is 27.6 Å². The lowest BCUT2D eigenvalue weighted by Crippen LogP contribution is -2.06. The van der Waals surface area contributed by atoms with Crippen LogP contribution in [0.3, 0.4) is 0 Å². The zero-order valence-electron chi connectivity index (χ0n) is 14.2. The van der Waals surface area contributed by atoms with Crippen LogP contribution in [0.25, 0.3) is 44.0 Å². The molecule has 8 heteroatoms. The van der Waals surface area contributed by atoms with Crippen LogP contribution in [-0.2, 0) is 0 Å². The topological polar surface area (TPSA) is 97.3 Å². The van der Waals surface area contributed by atoms with Crippen molar-refractivity contribution in [2.24, 2.45) is 0 Å². The van der Waals surface area contributed by atoms with E-state index in [0.717, 1.165) is 21.5 Å². The number of hydrogen-bond acceptors (Lipinski definition) is 7. The molecule has 0 bridgehead atoms. The number of pyridine rings is 2. The fourth-order valence-corrected chi connectivity index (χ4v) is 3.63. The Hall–Kier alpha value is -3.52. The summed E-state index contributed by atoms with van der Waals surface area (Å²) in [5, 5.41) is 10.8. The number of nitrogens with zero attached hydrogens (tertiary/aromatic N) is 5. The molecule has 130 valence electrons. The van der Waals surface area contributed by atoms with E-state index in [1.165, 1.54) is 17.4 Å². The van der Waals surface area contributed by atoms with E-state index in [1.54, 1.807) is 12.4 Å². The first-order valence-corrected chi connectivity index (χ1v) is 9.06. The maximum Gasteiger partial charge on any atom is 0.209 e. The molecule has 0 saturated carbocycles. The van der Waals surface area contributed by atoms with Crippen LogP contribution < -0.4 is 5.43 Å². The van der Waals surface area contributed by atoms with Crippen LogP contribution in [0.1, 0.15) is 5.01 Å². The van der Waals surface area contributed by atoms with Crippen molar-refractivity contribution in [1.82, 2.24) is 30.1 Å². The molecule has 5 rings (SSSR count). The summed E-state index contributed by atoms with van der Waals surface area (Å²) in [6, 6.07) is 11.2. The lowest BCUT2D eigenvalue weighted by Gasteiger charge is -2.08. The monoisotopic (exact) mass is 372 g/mol. The third-order valence-corrected chi connectivity index (χ3v) is 5.03. The van der Waals surface area contributed by atoms with Gasteiger partial charge < -0.3 is 4.98 Å². The Morgan fingerprint density at radius 1 is 1.04 bits per heavy atom. The lowest BCUT2D eigenvalue weighted by atomic mass is 10.1. The smallest absolute Gasteiger partial charge is 0.209 e. The molecule has 4 aromatic heterocycles. The van der Waals surface area contributed by atoms with Gasteiger partial charge in [-0.15, -0.1) is 10.2 Å². The Balaban J connectivity index is 1.85. The van der Waals surface area contributed by atoms with Crippen molar-refractivity contribution in [3.05, 3.63) is 64.0 Å². The first-order chi connectivity index (χ1) is 13.2. The van der Waals surface area contributed by atoms with Gasteiger partial charge in [0.1, 0.15) is 16.4 Å². The predicted octanol–water partition coefficient (Wildman–Crippen LogP) is 3.36. The fourth-order valence-electron chi connectivity index (χ4n) is 2.95. The fraction of sp³-hybridized carbons (Fsp3) is 0.0526. The zero-order valence-corrected chi connectivity index (χ0v) is 15.0. The molecule has 5 aromatic rings. The summed E-state index contributed by atoms with van der Waals surface area (Å²) in [5.41, 5.74) is 3.47. The van der Waals surface area contributed by atoms with Crippen molar-refractivity contribution in [3.63, 3.8) is 0 Å². The van der Waals surface area contributed by atoms with E-state index in [2.05, 4.69) is 30.1 Å². The summed E-state index contributed by atoms with van der Waals surface area (Å²) in [6.45, 7) is 1.89. The average molecular weight is 372 g/mol. The van der Waals surface area contributed by atoms with Gasteiger partial charge in [0.15, 0.2) is 16.2 Å². The quantitative estimate of drug-likeness (QED) is 0.510. The molecular formula is C19H12N6OS. The number of aromatic amines is 1. The van der Waals surface area contributed by atoms with E-state index in [4.69, 9.17) is 0 Å². The van der Waals surface area contributed by atoms with Gasteiger partial charge in [-0.05, 0) is 25.1 Å². The van der Waals surface area contributed by atoms with Gasteiger partial charge in [-0.1, -0.05) is 23.5 Å². The molecule has 4 heterocycles. The van der Waals surface area contributed by atoms with Crippen LogP contribution >= 0.6 is 11.3 Å². The van der Waals surface area contributed by atoms with Crippen molar-refractivity contribution >= 4 is 33.4 Å². The first-order valence-electron chi connectivity index (χ1n) is 8.24. The number of fused-ring (bicyclic) bond motifs is 2. The Labute approximate surface area is 156 Å². The highest BCUT2D eigenvalue weighted by molar-refractivity contribution is 7.14. The minimum absolute atomic E-state index is 0.181. The van der Waals surface area contributed by atoms with Gasteiger partial charge in [-0.2, -0.15) is 0 Å². The van der Waals surface area contributed by atoms with Gasteiger partial charge in [0.2, 0.25) is 5.43 Å². The first kappa shape index (κ1) is 15.7. The van der Waals surface area contributed by atoms with Crippen molar-refractivity contribution in [2.45, 2.75) is 6.92 Å². The van der Waals surface area contributed by atoms with Crippen molar-refractivity contribution in [3.8, 4) is 22.0 Å². The van der Waals surface area contributed by atoms with E-state index >= 15 is 0 Å². The molecule has 7 nitrogen and oxygen atoms in total. The summed E-state index contributed by atoms with van der Waals surface area (Å²) in [7, 11) is 0. The third-order valence-electron chi connectivity index (χ3n) is 4.19. The van der Waals surface area contributed by atoms with Gasteiger partial charge in [0.25, 0.3) is 0 Å². The maximum atomic E-state index is 12.3. The van der Waals surface area contributed by atoms with E-state index in [1.807, 2.05) is 37.3 Å². The number of aromatic nitrogens is 6. The van der Waals surface area contributed by atoms with Crippen LogP contribution in [0.5, 0.6) is 0 Å². The molecular weight excluding hydrogens is 360 g/mol. The van der Waals surface area contributed by atoms with Gasteiger partial charge in [0, 0.05) is 29.4 Å². The van der Waals surface area contributed by atoms with Crippen LogP contribution in [0.2, 0.25) is 0 Å².